The molecule has 1 heterocycles. The molecule has 0 atom stereocenters. The van der Waals surface area contributed by atoms with Crippen LogP contribution in [-0.2, 0) is 4.79 Å². The summed E-state index contributed by atoms with van der Waals surface area (Å²) in [5, 5.41) is 11.5. The highest BCUT2D eigenvalue weighted by Gasteiger charge is 2.21. The van der Waals surface area contributed by atoms with Crippen LogP contribution in [0.25, 0.3) is 0 Å². The summed E-state index contributed by atoms with van der Waals surface area (Å²) in [4.78, 5) is 22.2. The number of aromatic carboxylic acids is 1. The summed E-state index contributed by atoms with van der Waals surface area (Å²) in [5.74, 6) is -1.20. The number of benzene rings is 1. The zero-order chi connectivity index (χ0) is 11.7. The second kappa shape index (κ2) is 3.73. The Bertz CT molecular complexity index is 470. The molecule has 84 valence electrons. The summed E-state index contributed by atoms with van der Waals surface area (Å²) in [6.45, 7) is 0.156. The van der Waals surface area contributed by atoms with Crippen LogP contribution < -0.4 is 15.8 Å². The summed E-state index contributed by atoms with van der Waals surface area (Å²) < 4.78 is 5.25. The SMILES string of the molecule is Nc1cc2c(c(C(=O)O)c1)OCCC(=O)N2. The predicted molar refractivity (Wildman–Crippen MR) is 56.6 cm³/mol. The summed E-state index contributed by atoms with van der Waals surface area (Å²) in [6, 6.07) is 2.78. The van der Waals surface area contributed by atoms with Crippen molar-refractivity contribution in [2.75, 3.05) is 17.7 Å². The quantitative estimate of drug-likeness (QED) is 0.607. The molecule has 0 aromatic heterocycles. The van der Waals surface area contributed by atoms with E-state index in [1.54, 1.807) is 0 Å². The van der Waals surface area contributed by atoms with Crippen LogP contribution in [0.15, 0.2) is 12.1 Å². The Morgan fingerprint density at radius 3 is 2.94 bits per heavy atom. The monoisotopic (exact) mass is 222 g/mol. The van der Waals surface area contributed by atoms with Crippen LogP contribution in [0.4, 0.5) is 11.4 Å². The molecule has 0 saturated heterocycles. The van der Waals surface area contributed by atoms with Gasteiger partial charge in [0.15, 0.2) is 5.75 Å². The fourth-order valence-electron chi connectivity index (χ4n) is 1.52. The fourth-order valence-corrected chi connectivity index (χ4v) is 1.52. The summed E-state index contributed by atoms with van der Waals surface area (Å²) in [6.07, 6.45) is 0.188. The molecule has 0 radical (unpaired) electrons. The van der Waals surface area contributed by atoms with Crippen LogP contribution in [-0.4, -0.2) is 23.6 Å². The van der Waals surface area contributed by atoms with Crippen molar-refractivity contribution in [3.63, 3.8) is 0 Å². The van der Waals surface area contributed by atoms with E-state index in [0.717, 1.165) is 0 Å². The highest BCUT2D eigenvalue weighted by molar-refractivity contribution is 6.00. The molecule has 0 fully saturated rings. The number of hydrogen-bond acceptors (Lipinski definition) is 4. The number of carboxylic acid groups (broad SMARTS) is 1. The van der Waals surface area contributed by atoms with Crippen LogP contribution in [0.1, 0.15) is 16.8 Å². The maximum absolute atomic E-state index is 11.3. The number of carboxylic acids is 1. The number of hydrogen-bond donors (Lipinski definition) is 3. The summed E-state index contributed by atoms with van der Waals surface area (Å²) >= 11 is 0. The molecule has 0 spiro atoms. The van der Waals surface area contributed by atoms with Crippen molar-refractivity contribution in [3.05, 3.63) is 17.7 Å². The van der Waals surface area contributed by atoms with Crippen molar-refractivity contribution in [2.45, 2.75) is 6.42 Å². The summed E-state index contributed by atoms with van der Waals surface area (Å²) in [7, 11) is 0. The first-order valence-electron chi connectivity index (χ1n) is 4.67. The van der Waals surface area contributed by atoms with Gasteiger partial charge in [0.1, 0.15) is 5.56 Å². The molecule has 1 amide bonds. The van der Waals surface area contributed by atoms with Crippen LogP contribution in [0.2, 0.25) is 0 Å². The third-order valence-electron chi connectivity index (χ3n) is 2.19. The first-order chi connectivity index (χ1) is 7.58. The second-order valence-electron chi connectivity index (χ2n) is 3.40. The molecule has 1 aromatic carbocycles. The highest BCUT2D eigenvalue weighted by atomic mass is 16.5. The number of carbonyl (C=O) groups excluding carboxylic acids is 1. The van der Waals surface area contributed by atoms with Gasteiger partial charge in [0.05, 0.1) is 18.7 Å². The lowest BCUT2D eigenvalue weighted by atomic mass is 10.1. The maximum atomic E-state index is 11.3. The van der Waals surface area contributed by atoms with Gasteiger partial charge in [0.25, 0.3) is 0 Å². The van der Waals surface area contributed by atoms with Crippen LogP contribution in [0.5, 0.6) is 5.75 Å². The van der Waals surface area contributed by atoms with Gasteiger partial charge in [-0.3, -0.25) is 4.79 Å². The van der Waals surface area contributed by atoms with Crippen LogP contribution >= 0.6 is 0 Å². The molecular weight excluding hydrogens is 212 g/mol. The molecule has 0 aliphatic carbocycles. The van der Waals surface area contributed by atoms with E-state index >= 15 is 0 Å². The molecule has 0 bridgehead atoms. The Kier molecular flexibility index (Phi) is 2.40. The number of carbonyl (C=O) groups is 2. The van der Waals surface area contributed by atoms with E-state index in [-0.39, 0.29) is 35.9 Å². The minimum Gasteiger partial charge on any atom is -0.490 e. The van der Waals surface area contributed by atoms with Crippen molar-refractivity contribution >= 4 is 23.3 Å². The number of nitrogens with one attached hydrogen (secondary N) is 1. The second-order valence-corrected chi connectivity index (χ2v) is 3.40. The Hall–Kier alpha value is -2.24. The highest BCUT2D eigenvalue weighted by Crippen LogP contribution is 2.33. The van der Waals surface area contributed by atoms with Gasteiger partial charge >= 0.3 is 5.97 Å². The van der Waals surface area contributed by atoms with Crippen molar-refractivity contribution in [1.82, 2.24) is 0 Å². The van der Waals surface area contributed by atoms with Crippen molar-refractivity contribution in [2.24, 2.45) is 0 Å². The van der Waals surface area contributed by atoms with Crippen LogP contribution in [0.3, 0.4) is 0 Å². The molecular formula is C10H10N2O4. The molecule has 1 aliphatic rings. The van der Waals surface area contributed by atoms with E-state index in [2.05, 4.69) is 5.32 Å². The lowest BCUT2D eigenvalue weighted by Crippen LogP contribution is -2.10. The lowest BCUT2D eigenvalue weighted by Gasteiger charge is -2.11. The smallest absolute Gasteiger partial charge is 0.339 e. The van der Waals surface area contributed by atoms with Crippen molar-refractivity contribution in [1.29, 1.82) is 0 Å². The Balaban J connectivity index is 2.57. The van der Waals surface area contributed by atoms with E-state index < -0.39 is 5.97 Å². The average molecular weight is 222 g/mol. The van der Waals surface area contributed by atoms with Gasteiger partial charge < -0.3 is 20.9 Å². The van der Waals surface area contributed by atoms with E-state index in [9.17, 15) is 9.59 Å². The third kappa shape index (κ3) is 1.77. The Morgan fingerprint density at radius 2 is 2.25 bits per heavy atom. The normalized spacial score (nSPS) is 14.4. The number of nitrogen functional groups attached to an aromatic ring is 1. The van der Waals surface area contributed by atoms with E-state index in [0.29, 0.717) is 5.69 Å². The first kappa shape index (κ1) is 10.3. The van der Waals surface area contributed by atoms with Gasteiger partial charge in [-0.2, -0.15) is 0 Å². The molecule has 4 N–H and O–H groups in total. The van der Waals surface area contributed by atoms with Gasteiger partial charge in [0.2, 0.25) is 5.91 Å². The minimum atomic E-state index is -1.14. The Morgan fingerprint density at radius 1 is 1.50 bits per heavy atom. The molecule has 1 aromatic rings. The van der Waals surface area contributed by atoms with Crippen LogP contribution in [0, 0.1) is 0 Å². The molecule has 6 heteroatoms. The first-order valence-corrected chi connectivity index (χ1v) is 4.67. The predicted octanol–water partition coefficient (Wildman–Crippen LogP) is 0.688. The minimum absolute atomic E-state index is 0.0443. The van der Waals surface area contributed by atoms with E-state index in [1.807, 2.05) is 0 Å². The van der Waals surface area contributed by atoms with Gasteiger partial charge in [-0.25, -0.2) is 4.79 Å². The van der Waals surface area contributed by atoms with Gasteiger partial charge in [-0.05, 0) is 12.1 Å². The standard InChI is InChI=1S/C10H10N2O4/c11-5-3-6(10(14)15)9-7(4-5)12-8(13)1-2-16-9/h3-4H,1-2,11H2,(H,12,13)(H,14,15). The number of nitrogens with two attached hydrogens (primary N) is 1. The van der Waals surface area contributed by atoms with Gasteiger partial charge in [0, 0.05) is 5.69 Å². The van der Waals surface area contributed by atoms with E-state index in [1.165, 1.54) is 12.1 Å². The number of rotatable bonds is 1. The molecule has 0 saturated carbocycles. The number of anilines is 2. The van der Waals surface area contributed by atoms with Gasteiger partial charge in [-0.1, -0.05) is 0 Å². The zero-order valence-electron chi connectivity index (χ0n) is 8.32. The molecule has 16 heavy (non-hydrogen) atoms. The topological polar surface area (TPSA) is 102 Å². The Labute approximate surface area is 91.0 Å². The van der Waals surface area contributed by atoms with Gasteiger partial charge in [-0.15, -0.1) is 0 Å². The molecule has 6 nitrogen and oxygen atoms in total. The molecule has 2 rings (SSSR count). The third-order valence-corrected chi connectivity index (χ3v) is 2.19. The average Bonchev–Trinajstić information content (AvgIpc) is 2.37. The number of fused-ring (bicyclic) bond motifs is 1. The molecule has 1 aliphatic heterocycles. The number of amides is 1. The largest absolute Gasteiger partial charge is 0.490 e. The summed E-state index contributed by atoms with van der Waals surface area (Å²) in [5.41, 5.74) is 6.07. The fraction of sp³-hybridized carbons (Fsp3) is 0.200. The van der Waals surface area contributed by atoms with E-state index in [4.69, 9.17) is 15.6 Å². The van der Waals surface area contributed by atoms with Crippen molar-refractivity contribution in [3.8, 4) is 5.75 Å². The number of ether oxygens (including phenoxy) is 1. The lowest BCUT2D eigenvalue weighted by molar-refractivity contribution is -0.116. The van der Waals surface area contributed by atoms with Crippen molar-refractivity contribution < 1.29 is 19.4 Å². The maximum Gasteiger partial charge on any atom is 0.339 e. The zero-order valence-corrected chi connectivity index (χ0v) is 8.32. The molecule has 0 unspecified atom stereocenters.